The maximum absolute atomic E-state index is 13.0. The molecule has 0 saturated carbocycles. The van der Waals surface area contributed by atoms with Gasteiger partial charge in [-0.05, 0) is 37.1 Å². The van der Waals surface area contributed by atoms with Crippen LogP contribution >= 0.6 is 0 Å². The van der Waals surface area contributed by atoms with Gasteiger partial charge in [-0.15, -0.1) is 0 Å². The second kappa shape index (κ2) is 6.37. The van der Waals surface area contributed by atoms with Crippen LogP contribution in [0.5, 0.6) is 0 Å². The van der Waals surface area contributed by atoms with Crippen molar-refractivity contribution in [3.63, 3.8) is 0 Å². The fourth-order valence-electron chi connectivity index (χ4n) is 2.18. The van der Waals surface area contributed by atoms with Crippen LogP contribution in [0, 0.1) is 0 Å². The zero-order valence-corrected chi connectivity index (χ0v) is 11.3. The van der Waals surface area contributed by atoms with Gasteiger partial charge in [0.2, 0.25) is 0 Å². The lowest BCUT2D eigenvalue weighted by Crippen LogP contribution is -2.19. The van der Waals surface area contributed by atoms with E-state index in [1.54, 1.807) is 12.1 Å². The molecular formula is C16H18F2N2. The molecule has 0 bridgehead atoms. The highest BCUT2D eigenvalue weighted by atomic mass is 19.3. The molecule has 2 rings (SSSR count). The number of alkyl halides is 2. The Kier molecular flexibility index (Phi) is 4.56. The Hall–Kier alpha value is -2.10. The van der Waals surface area contributed by atoms with E-state index in [9.17, 15) is 8.78 Å². The van der Waals surface area contributed by atoms with E-state index in [1.165, 1.54) is 11.6 Å². The Bertz CT molecular complexity index is 556. The monoisotopic (exact) mass is 276 g/mol. The highest BCUT2D eigenvalue weighted by molar-refractivity contribution is 5.59. The molecule has 106 valence electrons. The van der Waals surface area contributed by atoms with Gasteiger partial charge in [0, 0.05) is 23.0 Å². The van der Waals surface area contributed by atoms with E-state index in [1.807, 2.05) is 37.3 Å². The lowest BCUT2D eigenvalue weighted by atomic mass is 10.1. The molecule has 0 heterocycles. The summed E-state index contributed by atoms with van der Waals surface area (Å²) >= 11 is 0. The standard InChI is InChI=1S/C16H18F2N2/c1-11(9-12-5-3-2-4-6-12)20-15-8-7-13(19)10-14(15)16(17)18/h2-8,10-11,16,20H,9,19H2,1H3. The molecule has 4 heteroatoms. The first-order valence-corrected chi connectivity index (χ1v) is 6.54. The Balaban J connectivity index is 2.09. The number of hydrogen-bond acceptors (Lipinski definition) is 2. The number of hydrogen-bond donors (Lipinski definition) is 2. The minimum atomic E-state index is -2.54. The molecule has 0 saturated heterocycles. The van der Waals surface area contributed by atoms with Gasteiger partial charge in [-0.25, -0.2) is 8.78 Å². The first kappa shape index (κ1) is 14.3. The van der Waals surface area contributed by atoms with Crippen molar-refractivity contribution in [1.82, 2.24) is 0 Å². The van der Waals surface area contributed by atoms with Crippen molar-refractivity contribution in [1.29, 1.82) is 0 Å². The molecule has 0 amide bonds. The molecule has 0 aliphatic carbocycles. The van der Waals surface area contributed by atoms with Gasteiger partial charge in [0.1, 0.15) is 0 Å². The molecule has 0 aliphatic heterocycles. The van der Waals surface area contributed by atoms with Crippen LogP contribution < -0.4 is 11.1 Å². The van der Waals surface area contributed by atoms with Gasteiger partial charge >= 0.3 is 0 Å². The first-order valence-electron chi connectivity index (χ1n) is 6.54. The molecule has 2 aromatic carbocycles. The number of rotatable bonds is 5. The number of nitrogens with one attached hydrogen (secondary N) is 1. The highest BCUT2D eigenvalue weighted by Crippen LogP contribution is 2.29. The molecule has 1 atom stereocenters. The van der Waals surface area contributed by atoms with Gasteiger partial charge in [-0.1, -0.05) is 30.3 Å². The zero-order chi connectivity index (χ0) is 14.5. The summed E-state index contributed by atoms with van der Waals surface area (Å²) in [4.78, 5) is 0. The summed E-state index contributed by atoms with van der Waals surface area (Å²) in [6.07, 6.45) is -1.77. The van der Waals surface area contributed by atoms with Gasteiger partial charge in [0.05, 0.1) is 0 Å². The maximum atomic E-state index is 13.0. The van der Waals surface area contributed by atoms with Crippen LogP contribution in [0.3, 0.4) is 0 Å². The van der Waals surface area contributed by atoms with Gasteiger partial charge in [0.25, 0.3) is 6.43 Å². The summed E-state index contributed by atoms with van der Waals surface area (Å²) in [5.74, 6) is 0. The number of anilines is 2. The summed E-state index contributed by atoms with van der Waals surface area (Å²) in [5, 5.41) is 3.13. The van der Waals surface area contributed by atoms with Crippen molar-refractivity contribution in [2.45, 2.75) is 25.8 Å². The van der Waals surface area contributed by atoms with Gasteiger partial charge in [-0.3, -0.25) is 0 Å². The van der Waals surface area contributed by atoms with Crippen molar-refractivity contribution in [3.05, 3.63) is 59.7 Å². The zero-order valence-electron chi connectivity index (χ0n) is 11.3. The Morgan fingerprint density at radius 3 is 2.45 bits per heavy atom. The third-order valence-electron chi connectivity index (χ3n) is 3.10. The molecular weight excluding hydrogens is 258 g/mol. The second-order valence-electron chi connectivity index (χ2n) is 4.88. The molecule has 0 spiro atoms. The summed E-state index contributed by atoms with van der Waals surface area (Å²) in [7, 11) is 0. The largest absolute Gasteiger partial charge is 0.399 e. The SMILES string of the molecule is CC(Cc1ccccc1)Nc1ccc(N)cc1C(F)F. The fraction of sp³-hybridized carbons (Fsp3) is 0.250. The van der Waals surface area contributed by atoms with E-state index in [0.717, 1.165) is 6.42 Å². The average Bonchev–Trinajstić information content (AvgIpc) is 2.41. The predicted molar refractivity (Wildman–Crippen MR) is 79.0 cm³/mol. The van der Waals surface area contributed by atoms with Crippen LogP contribution in [0.15, 0.2) is 48.5 Å². The van der Waals surface area contributed by atoms with E-state index in [0.29, 0.717) is 11.4 Å². The molecule has 3 N–H and O–H groups in total. The maximum Gasteiger partial charge on any atom is 0.265 e. The molecule has 2 nitrogen and oxygen atoms in total. The lowest BCUT2D eigenvalue weighted by molar-refractivity contribution is 0.152. The molecule has 2 aromatic rings. The van der Waals surface area contributed by atoms with Gasteiger partial charge in [-0.2, -0.15) is 0 Å². The van der Waals surface area contributed by atoms with Crippen molar-refractivity contribution in [2.24, 2.45) is 0 Å². The normalized spacial score (nSPS) is 12.4. The summed E-state index contributed by atoms with van der Waals surface area (Å²) in [5.41, 5.74) is 7.47. The Labute approximate surface area is 117 Å². The number of halogens is 2. The number of nitrogens with two attached hydrogens (primary N) is 1. The lowest BCUT2D eigenvalue weighted by Gasteiger charge is -2.18. The van der Waals surface area contributed by atoms with Crippen molar-refractivity contribution < 1.29 is 8.78 Å². The van der Waals surface area contributed by atoms with E-state index >= 15 is 0 Å². The molecule has 0 fully saturated rings. The molecule has 20 heavy (non-hydrogen) atoms. The first-order chi connectivity index (χ1) is 9.56. The number of nitrogen functional groups attached to an aromatic ring is 1. The summed E-state index contributed by atoms with van der Waals surface area (Å²) in [6.45, 7) is 1.97. The Morgan fingerprint density at radius 1 is 1.10 bits per heavy atom. The number of benzene rings is 2. The van der Waals surface area contributed by atoms with Crippen molar-refractivity contribution >= 4 is 11.4 Å². The van der Waals surface area contributed by atoms with Crippen LogP contribution in [-0.2, 0) is 6.42 Å². The molecule has 0 aliphatic rings. The minimum Gasteiger partial charge on any atom is -0.399 e. The molecule has 1 unspecified atom stereocenters. The summed E-state index contributed by atoms with van der Waals surface area (Å²) < 4.78 is 26.0. The molecule has 0 radical (unpaired) electrons. The predicted octanol–water partition coefficient (Wildman–Crippen LogP) is 4.25. The third-order valence-corrected chi connectivity index (χ3v) is 3.10. The quantitative estimate of drug-likeness (QED) is 0.801. The van der Waals surface area contributed by atoms with E-state index in [4.69, 9.17) is 5.73 Å². The van der Waals surface area contributed by atoms with Crippen molar-refractivity contribution in [3.8, 4) is 0 Å². The third kappa shape index (κ3) is 3.70. The molecule has 0 aromatic heterocycles. The average molecular weight is 276 g/mol. The van der Waals surface area contributed by atoms with E-state index in [2.05, 4.69) is 5.32 Å². The minimum absolute atomic E-state index is 0.0510. The van der Waals surface area contributed by atoms with Crippen LogP contribution in [-0.4, -0.2) is 6.04 Å². The second-order valence-corrected chi connectivity index (χ2v) is 4.88. The van der Waals surface area contributed by atoms with Crippen LogP contribution in [0.25, 0.3) is 0 Å². The van der Waals surface area contributed by atoms with Crippen LogP contribution in [0.2, 0.25) is 0 Å². The van der Waals surface area contributed by atoms with E-state index in [-0.39, 0.29) is 11.6 Å². The fourth-order valence-corrected chi connectivity index (χ4v) is 2.18. The van der Waals surface area contributed by atoms with E-state index < -0.39 is 6.43 Å². The van der Waals surface area contributed by atoms with Gasteiger partial charge < -0.3 is 11.1 Å². The summed E-state index contributed by atoms with van der Waals surface area (Å²) in [6, 6.07) is 14.6. The highest BCUT2D eigenvalue weighted by Gasteiger charge is 2.15. The van der Waals surface area contributed by atoms with Gasteiger partial charge in [0.15, 0.2) is 0 Å². The van der Waals surface area contributed by atoms with Crippen LogP contribution in [0.4, 0.5) is 20.2 Å². The van der Waals surface area contributed by atoms with Crippen LogP contribution in [0.1, 0.15) is 24.5 Å². The Morgan fingerprint density at radius 2 is 1.80 bits per heavy atom. The smallest absolute Gasteiger partial charge is 0.265 e. The topological polar surface area (TPSA) is 38.0 Å². The van der Waals surface area contributed by atoms with Crippen molar-refractivity contribution in [2.75, 3.05) is 11.1 Å².